The van der Waals surface area contributed by atoms with Crippen LogP contribution >= 0.6 is 0 Å². The Bertz CT molecular complexity index is 461. The van der Waals surface area contributed by atoms with Crippen LogP contribution in [-0.4, -0.2) is 31.2 Å². The number of non-ortho nitro benzene ring substituents is 1. The lowest BCUT2D eigenvalue weighted by atomic mass is 10.2. The van der Waals surface area contributed by atoms with Gasteiger partial charge in [0.2, 0.25) is 0 Å². The van der Waals surface area contributed by atoms with Gasteiger partial charge in [0, 0.05) is 18.7 Å². The second-order valence-electron chi connectivity index (χ2n) is 3.62. The molecule has 0 fully saturated rings. The molecule has 1 rings (SSSR count). The number of methoxy groups -OCH3 is 1. The van der Waals surface area contributed by atoms with E-state index in [2.05, 4.69) is 5.32 Å². The molecule has 0 aliphatic heterocycles. The van der Waals surface area contributed by atoms with Gasteiger partial charge in [-0.1, -0.05) is 0 Å². The number of nitro benzene ring substituents is 1. The molecule has 104 valence electrons. The maximum atomic E-state index is 11.2. The number of carbonyl (C=O) groups excluding carboxylic acids is 1. The van der Waals surface area contributed by atoms with E-state index in [1.807, 2.05) is 0 Å². The van der Waals surface area contributed by atoms with E-state index >= 15 is 0 Å². The number of carbonyl (C=O) groups is 1. The maximum Gasteiger partial charge on any atom is 0.307 e. The standard InChI is InChI=1S/C12H16N2O5/c1-3-19-12(15)6-7-13-10-8-9(14(16)17)4-5-11(10)18-2/h4-5,8,13H,3,6-7H2,1-2H3. The van der Waals surface area contributed by atoms with E-state index < -0.39 is 4.92 Å². The Morgan fingerprint density at radius 2 is 2.21 bits per heavy atom. The number of ether oxygens (including phenoxy) is 2. The molecule has 0 atom stereocenters. The lowest BCUT2D eigenvalue weighted by Gasteiger charge is -2.10. The van der Waals surface area contributed by atoms with Crippen LogP contribution in [0.5, 0.6) is 5.75 Å². The van der Waals surface area contributed by atoms with Crippen molar-refractivity contribution in [3.8, 4) is 5.75 Å². The van der Waals surface area contributed by atoms with Crippen LogP contribution in [0.25, 0.3) is 0 Å². The summed E-state index contributed by atoms with van der Waals surface area (Å²) in [6.07, 6.45) is 0.180. The van der Waals surface area contributed by atoms with E-state index in [-0.39, 0.29) is 18.1 Å². The van der Waals surface area contributed by atoms with Crippen molar-refractivity contribution in [3.05, 3.63) is 28.3 Å². The zero-order valence-electron chi connectivity index (χ0n) is 10.8. The third-order valence-electron chi connectivity index (χ3n) is 2.34. The minimum atomic E-state index is -0.490. The summed E-state index contributed by atoms with van der Waals surface area (Å²) in [4.78, 5) is 21.4. The molecule has 0 amide bonds. The number of rotatable bonds is 7. The Morgan fingerprint density at radius 1 is 1.47 bits per heavy atom. The first-order chi connectivity index (χ1) is 9.08. The monoisotopic (exact) mass is 268 g/mol. The molecule has 0 unspecified atom stereocenters. The van der Waals surface area contributed by atoms with Gasteiger partial charge in [-0.15, -0.1) is 0 Å². The molecule has 1 N–H and O–H groups in total. The van der Waals surface area contributed by atoms with Gasteiger partial charge in [-0.3, -0.25) is 14.9 Å². The van der Waals surface area contributed by atoms with Crippen molar-refractivity contribution in [3.63, 3.8) is 0 Å². The quantitative estimate of drug-likeness (QED) is 0.462. The highest BCUT2D eigenvalue weighted by Crippen LogP contribution is 2.28. The van der Waals surface area contributed by atoms with E-state index in [9.17, 15) is 14.9 Å². The summed E-state index contributed by atoms with van der Waals surface area (Å²) in [5.41, 5.74) is 0.431. The summed E-state index contributed by atoms with van der Waals surface area (Å²) >= 11 is 0. The number of nitrogens with zero attached hydrogens (tertiary/aromatic N) is 1. The van der Waals surface area contributed by atoms with Crippen LogP contribution in [0.4, 0.5) is 11.4 Å². The molecule has 0 aromatic heterocycles. The molecule has 1 aromatic rings. The zero-order valence-corrected chi connectivity index (χ0v) is 10.8. The molecule has 0 saturated carbocycles. The van der Waals surface area contributed by atoms with E-state index in [0.29, 0.717) is 24.6 Å². The highest BCUT2D eigenvalue weighted by atomic mass is 16.6. The summed E-state index contributed by atoms with van der Waals surface area (Å²) < 4.78 is 9.86. The summed E-state index contributed by atoms with van der Waals surface area (Å²) in [5.74, 6) is 0.161. The van der Waals surface area contributed by atoms with Crippen LogP contribution in [-0.2, 0) is 9.53 Å². The molecule has 7 nitrogen and oxygen atoms in total. The van der Waals surface area contributed by atoms with Gasteiger partial charge in [0.1, 0.15) is 5.75 Å². The van der Waals surface area contributed by atoms with Gasteiger partial charge in [0.25, 0.3) is 5.69 Å². The van der Waals surface area contributed by atoms with Crippen molar-refractivity contribution >= 4 is 17.3 Å². The van der Waals surface area contributed by atoms with Crippen molar-refractivity contribution in [1.29, 1.82) is 0 Å². The van der Waals surface area contributed by atoms with Crippen molar-refractivity contribution in [2.24, 2.45) is 0 Å². The van der Waals surface area contributed by atoms with Crippen LogP contribution in [0.2, 0.25) is 0 Å². The predicted octanol–water partition coefficient (Wildman–Crippen LogP) is 1.97. The van der Waals surface area contributed by atoms with Crippen LogP contribution in [0.1, 0.15) is 13.3 Å². The predicted molar refractivity (Wildman–Crippen MR) is 69.4 cm³/mol. The number of nitrogens with one attached hydrogen (secondary N) is 1. The maximum absolute atomic E-state index is 11.2. The number of nitro groups is 1. The SMILES string of the molecule is CCOC(=O)CCNc1cc([N+](=O)[O-])ccc1OC. The van der Waals surface area contributed by atoms with Crippen LogP contribution in [0, 0.1) is 10.1 Å². The Balaban J connectivity index is 2.67. The smallest absolute Gasteiger partial charge is 0.307 e. The summed E-state index contributed by atoms with van der Waals surface area (Å²) in [7, 11) is 1.47. The van der Waals surface area contributed by atoms with E-state index in [1.54, 1.807) is 6.92 Å². The van der Waals surface area contributed by atoms with E-state index in [1.165, 1.54) is 25.3 Å². The first kappa shape index (κ1) is 14.7. The molecule has 0 heterocycles. The number of hydrogen-bond acceptors (Lipinski definition) is 6. The second kappa shape index (κ2) is 7.20. The normalized spacial score (nSPS) is 9.79. The molecule has 0 saturated heterocycles. The molecule has 19 heavy (non-hydrogen) atoms. The molecule has 0 aliphatic carbocycles. The molecule has 7 heteroatoms. The highest BCUT2D eigenvalue weighted by Gasteiger charge is 2.11. The summed E-state index contributed by atoms with van der Waals surface area (Å²) in [6.45, 7) is 2.38. The third-order valence-corrected chi connectivity index (χ3v) is 2.34. The minimum absolute atomic E-state index is 0.0422. The highest BCUT2D eigenvalue weighted by molar-refractivity contribution is 5.70. The fourth-order valence-electron chi connectivity index (χ4n) is 1.48. The minimum Gasteiger partial charge on any atom is -0.495 e. The van der Waals surface area contributed by atoms with Crippen molar-refractivity contribution in [2.45, 2.75) is 13.3 Å². The number of esters is 1. The molecule has 0 spiro atoms. The summed E-state index contributed by atoms with van der Waals surface area (Å²) in [5, 5.41) is 13.6. The van der Waals surface area contributed by atoms with Gasteiger partial charge in [0.15, 0.2) is 0 Å². The lowest BCUT2D eigenvalue weighted by molar-refractivity contribution is -0.384. The molecule has 0 aliphatic rings. The van der Waals surface area contributed by atoms with Gasteiger partial charge >= 0.3 is 5.97 Å². The van der Waals surface area contributed by atoms with Gasteiger partial charge in [0.05, 0.1) is 30.7 Å². The van der Waals surface area contributed by atoms with Crippen molar-refractivity contribution in [2.75, 3.05) is 25.6 Å². The Hall–Kier alpha value is -2.31. The average Bonchev–Trinajstić information content (AvgIpc) is 2.38. The van der Waals surface area contributed by atoms with Crippen molar-refractivity contribution in [1.82, 2.24) is 0 Å². The van der Waals surface area contributed by atoms with Gasteiger partial charge in [-0.25, -0.2) is 0 Å². The van der Waals surface area contributed by atoms with Crippen LogP contribution < -0.4 is 10.1 Å². The summed E-state index contributed by atoms with van der Waals surface area (Å²) in [6, 6.07) is 4.23. The number of benzene rings is 1. The van der Waals surface area contributed by atoms with Crippen molar-refractivity contribution < 1.29 is 19.2 Å². The zero-order chi connectivity index (χ0) is 14.3. The molecule has 0 bridgehead atoms. The van der Waals surface area contributed by atoms with Gasteiger partial charge < -0.3 is 14.8 Å². The Labute approximate surface area is 110 Å². The number of anilines is 1. The molecule has 1 aromatic carbocycles. The second-order valence-corrected chi connectivity index (χ2v) is 3.62. The van der Waals surface area contributed by atoms with Gasteiger partial charge in [-0.2, -0.15) is 0 Å². The fraction of sp³-hybridized carbons (Fsp3) is 0.417. The first-order valence-corrected chi connectivity index (χ1v) is 5.80. The number of hydrogen-bond donors (Lipinski definition) is 1. The third kappa shape index (κ3) is 4.46. The molecule has 0 radical (unpaired) electrons. The largest absolute Gasteiger partial charge is 0.495 e. The van der Waals surface area contributed by atoms with Crippen LogP contribution in [0.3, 0.4) is 0 Å². The van der Waals surface area contributed by atoms with E-state index in [4.69, 9.17) is 9.47 Å². The fourth-order valence-corrected chi connectivity index (χ4v) is 1.48. The lowest BCUT2D eigenvalue weighted by Crippen LogP contribution is -2.11. The first-order valence-electron chi connectivity index (χ1n) is 5.80. The van der Waals surface area contributed by atoms with E-state index in [0.717, 1.165) is 0 Å². The molecular formula is C12H16N2O5. The Kier molecular flexibility index (Phi) is 5.59. The average molecular weight is 268 g/mol. The molecular weight excluding hydrogens is 252 g/mol. The Morgan fingerprint density at radius 3 is 2.79 bits per heavy atom. The van der Waals surface area contributed by atoms with Gasteiger partial charge in [-0.05, 0) is 13.0 Å². The topological polar surface area (TPSA) is 90.7 Å². The van der Waals surface area contributed by atoms with Crippen LogP contribution in [0.15, 0.2) is 18.2 Å².